The second-order valence-corrected chi connectivity index (χ2v) is 5.38. The summed E-state index contributed by atoms with van der Waals surface area (Å²) in [6.45, 7) is 2.11. The summed E-state index contributed by atoms with van der Waals surface area (Å²) in [5, 5.41) is 10.5. The lowest BCUT2D eigenvalue weighted by molar-refractivity contribution is 0.175. The van der Waals surface area contributed by atoms with Gasteiger partial charge in [-0.15, -0.1) is 0 Å². The van der Waals surface area contributed by atoms with Gasteiger partial charge in [0.05, 0.1) is 6.10 Å². The predicted octanol–water partition coefficient (Wildman–Crippen LogP) is 4.19. The van der Waals surface area contributed by atoms with Gasteiger partial charge in [-0.25, -0.2) is 4.39 Å². The van der Waals surface area contributed by atoms with E-state index in [0.717, 1.165) is 17.5 Å². The molecule has 0 saturated carbocycles. The maximum absolute atomic E-state index is 13.0. The number of benzene rings is 2. The Bertz CT molecular complexity index is 566. The smallest absolute Gasteiger partial charge is 0.124 e. The van der Waals surface area contributed by atoms with Crippen molar-refractivity contribution in [1.29, 1.82) is 0 Å². The fraction of sp³-hybridized carbons (Fsp3) is 0.294. The lowest BCUT2D eigenvalue weighted by atomic mass is 10.00. The Labute approximate surface area is 124 Å². The third-order valence-electron chi connectivity index (χ3n) is 3.37. The normalized spacial score (nSPS) is 12.4. The molecule has 0 aliphatic carbocycles. The van der Waals surface area contributed by atoms with E-state index in [9.17, 15) is 9.50 Å². The van der Waals surface area contributed by atoms with Crippen LogP contribution in [0.3, 0.4) is 0 Å². The van der Waals surface area contributed by atoms with Gasteiger partial charge in [0, 0.05) is 11.4 Å². The molecule has 1 unspecified atom stereocenters. The van der Waals surface area contributed by atoms with Gasteiger partial charge in [-0.2, -0.15) is 0 Å². The summed E-state index contributed by atoms with van der Waals surface area (Å²) < 4.78 is 13.0. The van der Waals surface area contributed by atoms with Crippen molar-refractivity contribution < 1.29 is 9.50 Å². The maximum atomic E-state index is 13.0. The molecule has 0 radical (unpaired) electrons. The molecule has 20 heavy (non-hydrogen) atoms. The standard InChI is InChI=1S/C17H18ClFO/c1-2-12-3-5-13(6-4-12)9-16(20)10-14-7-8-15(19)11-17(14)18/h3-8,11,16,20H,2,9-10H2,1H3. The molecule has 1 atom stereocenters. The van der Waals surface area contributed by atoms with Crippen molar-refractivity contribution in [2.45, 2.75) is 32.3 Å². The molecule has 0 fully saturated rings. The summed E-state index contributed by atoms with van der Waals surface area (Å²) in [4.78, 5) is 0. The highest BCUT2D eigenvalue weighted by atomic mass is 35.5. The molecule has 106 valence electrons. The van der Waals surface area contributed by atoms with Crippen molar-refractivity contribution in [3.63, 3.8) is 0 Å². The molecule has 0 spiro atoms. The Hall–Kier alpha value is -1.38. The Balaban J connectivity index is 1.99. The summed E-state index contributed by atoms with van der Waals surface area (Å²) in [6, 6.07) is 12.5. The van der Waals surface area contributed by atoms with Gasteiger partial charge in [0.25, 0.3) is 0 Å². The molecule has 0 aliphatic rings. The Kier molecular flexibility index (Phi) is 5.16. The molecule has 1 N–H and O–H groups in total. The highest BCUT2D eigenvalue weighted by Crippen LogP contribution is 2.20. The van der Waals surface area contributed by atoms with E-state index in [2.05, 4.69) is 19.1 Å². The van der Waals surface area contributed by atoms with Crippen LogP contribution < -0.4 is 0 Å². The first kappa shape index (κ1) is 15.0. The van der Waals surface area contributed by atoms with Crippen molar-refractivity contribution >= 4 is 11.6 Å². The predicted molar refractivity (Wildman–Crippen MR) is 80.6 cm³/mol. The molecule has 1 nitrogen and oxygen atoms in total. The third kappa shape index (κ3) is 4.06. The van der Waals surface area contributed by atoms with Crippen LogP contribution in [0.25, 0.3) is 0 Å². The minimum absolute atomic E-state index is 0.358. The molecule has 2 aromatic carbocycles. The fourth-order valence-corrected chi connectivity index (χ4v) is 2.44. The lowest BCUT2D eigenvalue weighted by Crippen LogP contribution is -2.14. The highest BCUT2D eigenvalue weighted by Gasteiger charge is 2.10. The molecular weight excluding hydrogens is 275 g/mol. The van der Waals surface area contributed by atoms with Crippen LogP contribution >= 0.6 is 11.6 Å². The van der Waals surface area contributed by atoms with E-state index < -0.39 is 6.10 Å². The Morgan fingerprint density at radius 3 is 2.30 bits per heavy atom. The zero-order chi connectivity index (χ0) is 14.5. The topological polar surface area (TPSA) is 20.2 Å². The largest absolute Gasteiger partial charge is 0.392 e. The lowest BCUT2D eigenvalue weighted by Gasteiger charge is -2.12. The Morgan fingerprint density at radius 1 is 1.05 bits per heavy atom. The highest BCUT2D eigenvalue weighted by molar-refractivity contribution is 6.31. The number of aliphatic hydroxyl groups is 1. The van der Waals surface area contributed by atoms with E-state index in [4.69, 9.17) is 11.6 Å². The first-order chi connectivity index (χ1) is 9.58. The summed E-state index contributed by atoms with van der Waals surface area (Å²) in [5.41, 5.74) is 3.14. The van der Waals surface area contributed by atoms with Crippen LogP contribution in [0.4, 0.5) is 4.39 Å². The van der Waals surface area contributed by atoms with Crippen molar-refractivity contribution in [1.82, 2.24) is 0 Å². The van der Waals surface area contributed by atoms with E-state index in [1.165, 1.54) is 17.7 Å². The van der Waals surface area contributed by atoms with E-state index >= 15 is 0 Å². The molecule has 0 heterocycles. The molecule has 0 bridgehead atoms. The summed E-state index contributed by atoms with van der Waals surface area (Å²) >= 11 is 5.97. The fourth-order valence-electron chi connectivity index (χ4n) is 2.20. The molecule has 0 aromatic heterocycles. The van der Waals surface area contributed by atoms with Crippen molar-refractivity contribution in [3.05, 3.63) is 70.0 Å². The van der Waals surface area contributed by atoms with Gasteiger partial charge in [-0.3, -0.25) is 0 Å². The monoisotopic (exact) mass is 292 g/mol. The molecule has 0 amide bonds. The van der Waals surface area contributed by atoms with Gasteiger partial charge in [0.2, 0.25) is 0 Å². The Morgan fingerprint density at radius 2 is 1.70 bits per heavy atom. The molecule has 0 saturated heterocycles. The van der Waals surface area contributed by atoms with Crippen LogP contribution in [0.15, 0.2) is 42.5 Å². The van der Waals surface area contributed by atoms with Crippen LogP contribution in [-0.4, -0.2) is 11.2 Å². The van der Waals surface area contributed by atoms with E-state index in [1.807, 2.05) is 12.1 Å². The second kappa shape index (κ2) is 6.87. The van der Waals surface area contributed by atoms with Gasteiger partial charge in [0.15, 0.2) is 0 Å². The number of halogens is 2. The quantitative estimate of drug-likeness (QED) is 0.876. The van der Waals surface area contributed by atoms with E-state index in [-0.39, 0.29) is 5.82 Å². The van der Waals surface area contributed by atoms with Crippen molar-refractivity contribution in [2.75, 3.05) is 0 Å². The molecule has 3 heteroatoms. The van der Waals surface area contributed by atoms with Crippen LogP contribution in [-0.2, 0) is 19.3 Å². The first-order valence-electron chi connectivity index (χ1n) is 6.78. The molecule has 2 rings (SSSR count). The molecule has 0 aliphatic heterocycles. The molecular formula is C17H18ClFO. The van der Waals surface area contributed by atoms with E-state index in [0.29, 0.717) is 17.9 Å². The number of aryl methyl sites for hydroxylation is 1. The van der Waals surface area contributed by atoms with Gasteiger partial charge in [-0.1, -0.05) is 48.9 Å². The van der Waals surface area contributed by atoms with Gasteiger partial charge in [-0.05, 0) is 41.7 Å². The number of rotatable bonds is 5. The van der Waals surface area contributed by atoms with Gasteiger partial charge < -0.3 is 5.11 Å². The maximum Gasteiger partial charge on any atom is 0.124 e. The average molecular weight is 293 g/mol. The number of aliphatic hydroxyl groups excluding tert-OH is 1. The number of hydrogen-bond donors (Lipinski definition) is 1. The molecule has 2 aromatic rings. The average Bonchev–Trinajstić information content (AvgIpc) is 2.43. The van der Waals surface area contributed by atoms with Gasteiger partial charge in [0.1, 0.15) is 5.82 Å². The zero-order valence-corrected chi connectivity index (χ0v) is 12.2. The zero-order valence-electron chi connectivity index (χ0n) is 11.4. The van der Waals surface area contributed by atoms with Crippen LogP contribution in [0.1, 0.15) is 23.6 Å². The summed E-state index contributed by atoms with van der Waals surface area (Å²) in [6.07, 6.45) is 1.48. The van der Waals surface area contributed by atoms with Crippen LogP contribution in [0, 0.1) is 5.82 Å². The van der Waals surface area contributed by atoms with Gasteiger partial charge >= 0.3 is 0 Å². The second-order valence-electron chi connectivity index (χ2n) is 4.97. The number of hydrogen-bond acceptors (Lipinski definition) is 1. The van der Waals surface area contributed by atoms with Crippen molar-refractivity contribution in [2.24, 2.45) is 0 Å². The van der Waals surface area contributed by atoms with Crippen molar-refractivity contribution in [3.8, 4) is 0 Å². The minimum Gasteiger partial charge on any atom is -0.392 e. The van der Waals surface area contributed by atoms with E-state index in [1.54, 1.807) is 6.07 Å². The first-order valence-corrected chi connectivity index (χ1v) is 7.16. The third-order valence-corrected chi connectivity index (χ3v) is 3.73. The summed E-state index contributed by atoms with van der Waals surface area (Å²) in [5.74, 6) is -0.358. The van der Waals surface area contributed by atoms with Crippen LogP contribution in [0.5, 0.6) is 0 Å². The van der Waals surface area contributed by atoms with Crippen LogP contribution in [0.2, 0.25) is 5.02 Å². The summed E-state index contributed by atoms with van der Waals surface area (Å²) in [7, 11) is 0. The SMILES string of the molecule is CCc1ccc(CC(O)Cc2ccc(F)cc2Cl)cc1. The minimum atomic E-state index is -0.523.